The molecule has 1 rings (SSSR count). The van der Waals surface area contributed by atoms with E-state index in [0.717, 1.165) is 0 Å². The molecule has 0 aromatic heterocycles. The maximum absolute atomic E-state index is 12.5. The van der Waals surface area contributed by atoms with Crippen LogP contribution in [-0.4, -0.2) is 29.8 Å². The Morgan fingerprint density at radius 1 is 1.50 bits per heavy atom. The van der Waals surface area contributed by atoms with Gasteiger partial charge in [0.05, 0.1) is 0 Å². The van der Waals surface area contributed by atoms with Crippen molar-refractivity contribution in [2.75, 3.05) is 6.54 Å². The molecule has 0 aromatic carbocycles. The smallest absolute Gasteiger partial charge is 0.400 e. The summed E-state index contributed by atoms with van der Waals surface area (Å²) in [6.45, 7) is -0.369. The van der Waals surface area contributed by atoms with Crippen LogP contribution in [0.1, 0.15) is 12.8 Å². The monoisotopic (exact) mass is 237 g/mol. The molecular weight excluding hydrogens is 223 g/mol. The van der Waals surface area contributed by atoms with Crippen LogP contribution in [0.15, 0.2) is 17.3 Å². The van der Waals surface area contributed by atoms with Crippen molar-refractivity contribution in [1.29, 1.82) is 0 Å². The van der Waals surface area contributed by atoms with Crippen molar-refractivity contribution in [2.24, 2.45) is 16.8 Å². The van der Waals surface area contributed by atoms with E-state index >= 15 is 0 Å². The minimum Gasteiger partial charge on any atom is -0.409 e. The fourth-order valence-electron chi connectivity index (χ4n) is 1.53. The zero-order chi connectivity index (χ0) is 12.2. The van der Waals surface area contributed by atoms with Gasteiger partial charge >= 0.3 is 6.18 Å². The molecule has 0 saturated heterocycles. The highest BCUT2D eigenvalue weighted by molar-refractivity contribution is 5.83. The quantitative estimate of drug-likeness (QED) is 0.226. The number of oxime groups is 1. The van der Waals surface area contributed by atoms with E-state index in [1.165, 1.54) is 0 Å². The molecule has 1 aliphatic carbocycles. The molecule has 0 heterocycles. The summed E-state index contributed by atoms with van der Waals surface area (Å²) in [4.78, 5) is 0. The van der Waals surface area contributed by atoms with Crippen LogP contribution >= 0.6 is 0 Å². The lowest BCUT2D eigenvalue weighted by Crippen LogP contribution is -2.45. The predicted octanol–water partition coefficient (Wildman–Crippen LogP) is 1.22. The SMILES string of the molecule is N/C(=N/O)C(CNC1CC=CC1)C(F)(F)F. The Bertz CT molecular complexity index is 280. The highest BCUT2D eigenvalue weighted by atomic mass is 19.4. The van der Waals surface area contributed by atoms with E-state index in [9.17, 15) is 13.2 Å². The second kappa shape index (κ2) is 5.20. The van der Waals surface area contributed by atoms with Gasteiger partial charge in [-0.2, -0.15) is 13.2 Å². The second-order valence-corrected chi connectivity index (χ2v) is 3.67. The summed E-state index contributed by atoms with van der Waals surface area (Å²) in [6.07, 6.45) is 0.727. The van der Waals surface area contributed by atoms with Gasteiger partial charge in [0.2, 0.25) is 0 Å². The van der Waals surface area contributed by atoms with E-state index in [1.807, 2.05) is 12.2 Å². The lowest BCUT2D eigenvalue weighted by atomic mass is 10.1. The van der Waals surface area contributed by atoms with Gasteiger partial charge in [-0.15, -0.1) is 0 Å². The average Bonchev–Trinajstić information content (AvgIpc) is 2.68. The predicted molar refractivity (Wildman–Crippen MR) is 53.1 cm³/mol. The Morgan fingerprint density at radius 2 is 2.06 bits per heavy atom. The molecule has 16 heavy (non-hydrogen) atoms. The third kappa shape index (κ3) is 3.41. The van der Waals surface area contributed by atoms with E-state index in [2.05, 4.69) is 10.5 Å². The van der Waals surface area contributed by atoms with Gasteiger partial charge in [0, 0.05) is 12.6 Å². The van der Waals surface area contributed by atoms with Crippen molar-refractivity contribution in [3.8, 4) is 0 Å². The Hall–Kier alpha value is -1.24. The minimum atomic E-state index is -4.50. The fourth-order valence-corrected chi connectivity index (χ4v) is 1.53. The molecule has 92 valence electrons. The third-order valence-electron chi connectivity index (χ3n) is 2.49. The van der Waals surface area contributed by atoms with Gasteiger partial charge in [-0.05, 0) is 12.8 Å². The number of hydrogen-bond donors (Lipinski definition) is 3. The van der Waals surface area contributed by atoms with Crippen molar-refractivity contribution < 1.29 is 18.4 Å². The molecule has 1 unspecified atom stereocenters. The van der Waals surface area contributed by atoms with E-state index in [4.69, 9.17) is 10.9 Å². The standard InChI is InChI=1S/C9H14F3N3O/c10-9(11,12)7(8(13)15-16)5-14-6-3-1-2-4-6/h1-2,6-7,14,16H,3-5H2,(H2,13,15). The van der Waals surface area contributed by atoms with Crippen molar-refractivity contribution in [3.05, 3.63) is 12.2 Å². The lowest BCUT2D eigenvalue weighted by Gasteiger charge is -2.21. The number of alkyl halides is 3. The third-order valence-corrected chi connectivity index (χ3v) is 2.49. The summed E-state index contributed by atoms with van der Waals surface area (Å²) in [7, 11) is 0. The fraction of sp³-hybridized carbons (Fsp3) is 0.667. The summed E-state index contributed by atoms with van der Waals surface area (Å²) < 4.78 is 37.5. The summed E-state index contributed by atoms with van der Waals surface area (Å²) >= 11 is 0. The van der Waals surface area contributed by atoms with Crippen LogP contribution < -0.4 is 11.1 Å². The number of rotatable bonds is 4. The van der Waals surface area contributed by atoms with Gasteiger partial charge in [-0.25, -0.2) is 0 Å². The summed E-state index contributed by atoms with van der Waals surface area (Å²) in [5, 5.41) is 13.5. The van der Waals surface area contributed by atoms with Crippen LogP contribution in [0.4, 0.5) is 13.2 Å². The topological polar surface area (TPSA) is 70.6 Å². The lowest BCUT2D eigenvalue weighted by molar-refractivity contribution is -0.155. The van der Waals surface area contributed by atoms with Gasteiger partial charge < -0.3 is 16.3 Å². The highest BCUT2D eigenvalue weighted by Gasteiger charge is 2.42. The Kier molecular flexibility index (Phi) is 4.17. The number of nitrogens with zero attached hydrogens (tertiary/aromatic N) is 1. The molecular formula is C9H14F3N3O. The molecule has 0 spiro atoms. The van der Waals surface area contributed by atoms with E-state index in [-0.39, 0.29) is 12.6 Å². The molecule has 4 N–H and O–H groups in total. The van der Waals surface area contributed by atoms with E-state index < -0.39 is 17.9 Å². The van der Waals surface area contributed by atoms with Crippen LogP contribution in [0.5, 0.6) is 0 Å². The van der Waals surface area contributed by atoms with Crippen LogP contribution in [-0.2, 0) is 0 Å². The molecule has 0 fully saturated rings. The zero-order valence-electron chi connectivity index (χ0n) is 8.54. The Morgan fingerprint density at radius 3 is 2.50 bits per heavy atom. The molecule has 0 bridgehead atoms. The Balaban J connectivity index is 2.51. The second-order valence-electron chi connectivity index (χ2n) is 3.67. The molecule has 4 nitrogen and oxygen atoms in total. The van der Waals surface area contributed by atoms with E-state index in [0.29, 0.717) is 12.8 Å². The molecule has 0 aromatic rings. The minimum absolute atomic E-state index is 0.0105. The zero-order valence-corrected chi connectivity index (χ0v) is 8.54. The van der Waals surface area contributed by atoms with Crippen molar-refractivity contribution in [3.63, 3.8) is 0 Å². The maximum atomic E-state index is 12.5. The molecule has 0 aliphatic heterocycles. The number of amidine groups is 1. The van der Waals surface area contributed by atoms with Crippen LogP contribution in [0.3, 0.4) is 0 Å². The first-order valence-electron chi connectivity index (χ1n) is 4.87. The van der Waals surface area contributed by atoms with E-state index in [1.54, 1.807) is 0 Å². The Labute approximate surface area is 91.0 Å². The molecule has 0 amide bonds. The molecule has 1 atom stereocenters. The first kappa shape index (κ1) is 12.8. The van der Waals surface area contributed by atoms with Crippen LogP contribution in [0, 0.1) is 5.92 Å². The normalized spacial score (nSPS) is 20.3. The van der Waals surface area contributed by atoms with Crippen molar-refractivity contribution in [1.82, 2.24) is 5.32 Å². The van der Waals surface area contributed by atoms with Gasteiger partial charge in [-0.3, -0.25) is 0 Å². The number of nitrogens with two attached hydrogens (primary N) is 1. The van der Waals surface area contributed by atoms with Gasteiger partial charge in [-0.1, -0.05) is 17.3 Å². The first-order chi connectivity index (χ1) is 7.45. The first-order valence-corrected chi connectivity index (χ1v) is 4.87. The number of hydrogen-bond acceptors (Lipinski definition) is 3. The molecule has 1 aliphatic rings. The highest BCUT2D eigenvalue weighted by Crippen LogP contribution is 2.26. The van der Waals surface area contributed by atoms with Crippen LogP contribution in [0.2, 0.25) is 0 Å². The number of nitrogens with one attached hydrogen (secondary N) is 1. The largest absolute Gasteiger partial charge is 0.409 e. The summed E-state index contributed by atoms with van der Waals surface area (Å²) in [5.41, 5.74) is 5.01. The average molecular weight is 237 g/mol. The molecule has 0 saturated carbocycles. The summed E-state index contributed by atoms with van der Waals surface area (Å²) in [6, 6.07) is 0.0105. The maximum Gasteiger partial charge on any atom is 0.400 e. The molecule has 7 heteroatoms. The number of halogens is 3. The van der Waals surface area contributed by atoms with Crippen molar-refractivity contribution >= 4 is 5.84 Å². The van der Waals surface area contributed by atoms with Crippen LogP contribution in [0.25, 0.3) is 0 Å². The molecule has 0 radical (unpaired) electrons. The van der Waals surface area contributed by atoms with Gasteiger partial charge in [0.1, 0.15) is 5.92 Å². The van der Waals surface area contributed by atoms with Gasteiger partial charge in [0.15, 0.2) is 5.84 Å². The summed E-state index contributed by atoms with van der Waals surface area (Å²) in [5.74, 6) is -2.76. The van der Waals surface area contributed by atoms with Gasteiger partial charge in [0.25, 0.3) is 0 Å². The van der Waals surface area contributed by atoms with Crippen molar-refractivity contribution in [2.45, 2.75) is 25.1 Å².